The largest absolute Gasteiger partial charge is 0.396 e. The first kappa shape index (κ1) is 31.0. The lowest BCUT2D eigenvalue weighted by Gasteiger charge is -2.24. The van der Waals surface area contributed by atoms with Crippen LogP contribution in [0.5, 0.6) is 0 Å². The summed E-state index contributed by atoms with van der Waals surface area (Å²) in [5, 5.41) is 19.4. The molecule has 0 atom stereocenters. The molecule has 0 radical (unpaired) electrons. The summed E-state index contributed by atoms with van der Waals surface area (Å²) in [6.07, 6.45) is 5.15. The van der Waals surface area contributed by atoms with Crippen LogP contribution in [-0.2, 0) is 22.7 Å². The van der Waals surface area contributed by atoms with Crippen molar-refractivity contribution in [1.29, 1.82) is 0 Å². The van der Waals surface area contributed by atoms with Gasteiger partial charge in [-0.1, -0.05) is 21.6 Å². The van der Waals surface area contributed by atoms with Crippen LogP contribution in [0, 0.1) is 13.8 Å². The highest BCUT2D eigenvalue weighted by Gasteiger charge is 2.18. The van der Waals surface area contributed by atoms with E-state index in [0.717, 1.165) is 9.81 Å². The van der Waals surface area contributed by atoms with Crippen LogP contribution >= 0.6 is 21.6 Å². The van der Waals surface area contributed by atoms with Gasteiger partial charge in [-0.3, -0.25) is 9.59 Å². The lowest BCUT2D eigenvalue weighted by Crippen LogP contribution is -2.22. The monoisotopic (exact) mass is 562 g/mol. The van der Waals surface area contributed by atoms with E-state index in [1.165, 1.54) is 31.4 Å². The lowest BCUT2D eigenvalue weighted by atomic mass is 10.2. The zero-order valence-corrected chi connectivity index (χ0v) is 23.6. The summed E-state index contributed by atoms with van der Waals surface area (Å²) in [5.41, 5.74) is 14.5. The quantitative estimate of drug-likeness (QED) is 0.184. The zero-order valence-electron chi connectivity index (χ0n) is 21.9. The van der Waals surface area contributed by atoms with Crippen molar-refractivity contribution in [2.75, 3.05) is 24.7 Å². The van der Waals surface area contributed by atoms with Crippen LogP contribution in [0.15, 0.2) is 33.6 Å². The van der Waals surface area contributed by atoms with E-state index in [1.807, 2.05) is 0 Å². The van der Waals surface area contributed by atoms with Gasteiger partial charge in [-0.05, 0) is 27.7 Å². The third-order valence-electron chi connectivity index (χ3n) is 5.56. The number of hydrogen-bond acceptors (Lipinski definition) is 12. The van der Waals surface area contributed by atoms with Gasteiger partial charge in [0.15, 0.2) is 0 Å². The van der Waals surface area contributed by atoms with E-state index in [0.29, 0.717) is 71.5 Å². The van der Waals surface area contributed by atoms with Gasteiger partial charge < -0.3 is 31.5 Å². The molecule has 0 fully saturated rings. The van der Waals surface area contributed by atoms with Gasteiger partial charge in [-0.2, -0.15) is 0 Å². The topological polar surface area (TPSA) is 185 Å². The molecule has 0 saturated heterocycles. The van der Waals surface area contributed by atoms with Crippen LogP contribution < -0.4 is 11.5 Å². The highest BCUT2D eigenvalue weighted by Crippen LogP contribution is 2.42. The number of aliphatic hydroxyl groups is 2. The van der Waals surface area contributed by atoms with Crippen LogP contribution in [0.4, 0.5) is 11.6 Å². The number of amides is 2. The minimum Gasteiger partial charge on any atom is -0.396 e. The molecule has 2 aromatic heterocycles. The van der Waals surface area contributed by atoms with Crippen LogP contribution in [-0.4, -0.2) is 66.0 Å². The number of aromatic nitrogens is 4. The van der Waals surface area contributed by atoms with Crippen molar-refractivity contribution in [2.24, 2.45) is 0 Å². The average molecular weight is 563 g/mol. The van der Waals surface area contributed by atoms with E-state index in [9.17, 15) is 19.8 Å². The van der Waals surface area contributed by atoms with Gasteiger partial charge >= 0.3 is 0 Å². The fourth-order valence-electron chi connectivity index (χ4n) is 3.30. The summed E-state index contributed by atoms with van der Waals surface area (Å²) in [6.45, 7) is 7.08. The van der Waals surface area contributed by atoms with Crippen LogP contribution in [0.2, 0.25) is 0 Å². The number of allylic oxidation sites excluding steroid dienone is 2. The molecule has 0 aliphatic carbocycles. The molecule has 38 heavy (non-hydrogen) atoms. The van der Waals surface area contributed by atoms with E-state index in [1.54, 1.807) is 40.1 Å². The Kier molecular flexibility index (Phi) is 12.5. The summed E-state index contributed by atoms with van der Waals surface area (Å²) in [4.78, 5) is 45.0. The van der Waals surface area contributed by atoms with Gasteiger partial charge in [0, 0.05) is 70.8 Å². The van der Waals surface area contributed by atoms with E-state index in [-0.39, 0.29) is 26.3 Å². The molecule has 0 bridgehead atoms. The molecule has 2 rings (SSSR count). The Morgan fingerprint density at radius 2 is 1.18 bits per heavy atom. The second-order valence-corrected chi connectivity index (χ2v) is 10.6. The number of hydrogen-bond donors (Lipinski definition) is 4. The molecule has 2 amide bonds. The summed E-state index contributed by atoms with van der Waals surface area (Å²) in [7, 11) is 2.69. The number of aliphatic hydroxyl groups excluding tert-OH is 2. The van der Waals surface area contributed by atoms with Crippen LogP contribution in [0.25, 0.3) is 0 Å². The van der Waals surface area contributed by atoms with Gasteiger partial charge in [0.2, 0.25) is 12.8 Å². The molecule has 0 aliphatic rings. The number of nitrogen functional groups attached to an aromatic ring is 2. The first-order valence-corrected chi connectivity index (χ1v) is 13.9. The van der Waals surface area contributed by atoms with Gasteiger partial charge in [0.25, 0.3) is 0 Å². The summed E-state index contributed by atoms with van der Waals surface area (Å²) >= 11 is 0. The zero-order chi connectivity index (χ0) is 28.2. The number of carbonyl (C=O) groups excluding carboxylic acids is 2. The molecule has 0 saturated carbocycles. The SMILES string of the molecule is C/C(=C(/CCO)SS/C(CCO)=C(\C)N(C=O)Cc1cnc(C)nc1N)N(C=O)Cc1cnc(C)nc1N. The van der Waals surface area contributed by atoms with Crippen molar-refractivity contribution >= 4 is 46.0 Å². The molecule has 206 valence electrons. The molecular formula is C24H34N8O4S2. The predicted octanol–water partition coefficient (Wildman–Crippen LogP) is 2.27. The summed E-state index contributed by atoms with van der Waals surface area (Å²) in [5.74, 6) is 1.65. The van der Waals surface area contributed by atoms with E-state index in [2.05, 4.69) is 19.9 Å². The molecular weight excluding hydrogens is 528 g/mol. The fourth-order valence-corrected chi connectivity index (χ4v) is 6.15. The Balaban J connectivity index is 2.30. The second-order valence-electron chi connectivity index (χ2n) is 8.25. The van der Waals surface area contributed by atoms with Gasteiger partial charge in [-0.15, -0.1) is 0 Å². The molecule has 0 aromatic carbocycles. The molecule has 2 aromatic rings. The Bertz CT molecular complexity index is 1100. The number of carbonyl (C=O) groups is 2. The second kappa shape index (κ2) is 15.3. The molecule has 0 aliphatic heterocycles. The first-order chi connectivity index (χ1) is 18.1. The Morgan fingerprint density at radius 1 is 0.816 bits per heavy atom. The Hall–Kier alpha value is -3.20. The predicted molar refractivity (Wildman–Crippen MR) is 150 cm³/mol. The minimum atomic E-state index is -0.131. The van der Waals surface area contributed by atoms with E-state index in [4.69, 9.17) is 11.5 Å². The van der Waals surface area contributed by atoms with Crippen molar-refractivity contribution in [2.45, 2.75) is 53.6 Å². The summed E-state index contributed by atoms with van der Waals surface area (Å²) < 4.78 is 0. The van der Waals surface area contributed by atoms with Gasteiger partial charge in [-0.25, -0.2) is 19.9 Å². The van der Waals surface area contributed by atoms with E-state index < -0.39 is 0 Å². The standard InChI is InChI=1S/C24H34N8O4S2/c1-15(31(13-35)11-19-9-27-17(3)29-23(19)25)21(5-7-33)37-38-22(6-8-34)16(2)32(14-36)12-20-10-28-18(4)30-24(20)26/h9-10,13-14,33-34H,5-8,11-12H2,1-4H3,(H2,25,27,29)(H2,26,28,30)/b21-15+,22-16+. The molecule has 14 heteroatoms. The maximum Gasteiger partial charge on any atom is 0.214 e. The maximum absolute atomic E-state index is 12.0. The Morgan fingerprint density at radius 3 is 1.47 bits per heavy atom. The van der Waals surface area contributed by atoms with Crippen molar-refractivity contribution in [3.63, 3.8) is 0 Å². The highest BCUT2D eigenvalue weighted by atomic mass is 33.1. The lowest BCUT2D eigenvalue weighted by molar-refractivity contribution is -0.117. The molecule has 0 unspecified atom stereocenters. The van der Waals surface area contributed by atoms with Crippen LogP contribution in [0.3, 0.4) is 0 Å². The Labute approximate surface area is 230 Å². The molecule has 0 spiro atoms. The van der Waals surface area contributed by atoms with Gasteiger partial charge in [0.1, 0.15) is 23.3 Å². The number of rotatable bonds is 15. The van der Waals surface area contributed by atoms with Crippen molar-refractivity contribution in [3.05, 3.63) is 56.4 Å². The fraction of sp³-hybridized carbons (Fsp3) is 0.417. The maximum atomic E-state index is 12.0. The highest BCUT2D eigenvalue weighted by molar-refractivity contribution is 8.79. The number of anilines is 2. The summed E-state index contributed by atoms with van der Waals surface area (Å²) in [6, 6.07) is 0. The average Bonchev–Trinajstić information content (AvgIpc) is 2.88. The third-order valence-corrected chi connectivity index (χ3v) is 8.50. The normalized spacial score (nSPS) is 12.5. The number of nitrogens with two attached hydrogens (primary N) is 2. The minimum absolute atomic E-state index is 0.131. The molecule has 6 N–H and O–H groups in total. The first-order valence-electron chi connectivity index (χ1n) is 11.7. The smallest absolute Gasteiger partial charge is 0.214 e. The van der Waals surface area contributed by atoms with Gasteiger partial charge in [0.05, 0.1) is 13.1 Å². The van der Waals surface area contributed by atoms with Crippen molar-refractivity contribution < 1.29 is 19.8 Å². The van der Waals surface area contributed by atoms with E-state index >= 15 is 0 Å². The molecule has 2 heterocycles. The van der Waals surface area contributed by atoms with Crippen molar-refractivity contribution in [3.8, 4) is 0 Å². The van der Waals surface area contributed by atoms with Crippen LogP contribution in [0.1, 0.15) is 49.5 Å². The molecule has 12 nitrogen and oxygen atoms in total. The number of aryl methyl sites for hydroxylation is 2. The van der Waals surface area contributed by atoms with Crippen molar-refractivity contribution in [1.82, 2.24) is 29.7 Å². The third kappa shape index (κ3) is 8.68. The number of nitrogens with zero attached hydrogens (tertiary/aromatic N) is 6.